The molecule has 0 radical (unpaired) electrons. The number of aryl methyl sites for hydroxylation is 1. The standard InChI is InChI=1S/C16H19BrFNO2/c1-3-6-19-9-16-11(2)7-13(21-16)10-20-12-4-5-14(17)15(18)8-12/h4-5,7-8,19H,3,6,9-10H2,1-2H3. The molecule has 1 N–H and O–H groups in total. The lowest BCUT2D eigenvalue weighted by Gasteiger charge is -2.05. The van der Waals surface area contributed by atoms with Crippen LogP contribution in [0.3, 0.4) is 0 Å². The van der Waals surface area contributed by atoms with Gasteiger partial charge in [-0.15, -0.1) is 0 Å². The third-order valence-electron chi connectivity index (χ3n) is 3.06. The third-order valence-corrected chi connectivity index (χ3v) is 3.70. The minimum Gasteiger partial charge on any atom is -0.486 e. The number of benzene rings is 1. The van der Waals surface area contributed by atoms with Gasteiger partial charge in [-0.25, -0.2) is 4.39 Å². The summed E-state index contributed by atoms with van der Waals surface area (Å²) in [5, 5.41) is 3.30. The summed E-state index contributed by atoms with van der Waals surface area (Å²) < 4.78 is 25.1. The van der Waals surface area contributed by atoms with Gasteiger partial charge in [-0.2, -0.15) is 0 Å². The number of ether oxygens (including phenoxy) is 1. The minimum atomic E-state index is -0.340. The predicted molar refractivity (Wildman–Crippen MR) is 83.9 cm³/mol. The number of hydrogen-bond donors (Lipinski definition) is 1. The molecule has 21 heavy (non-hydrogen) atoms. The fraction of sp³-hybridized carbons (Fsp3) is 0.375. The van der Waals surface area contributed by atoms with Crippen LogP contribution in [0.25, 0.3) is 0 Å². The molecular weight excluding hydrogens is 337 g/mol. The van der Waals surface area contributed by atoms with E-state index >= 15 is 0 Å². The summed E-state index contributed by atoms with van der Waals surface area (Å²) in [5.41, 5.74) is 1.10. The first-order chi connectivity index (χ1) is 10.1. The Kier molecular flexibility index (Phi) is 5.82. The van der Waals surface area contributed by atoms with Crippen molar-refractivity contribution in [2.24, 2.45) is 0 Å². The number of rotatable bonds is 7. The van der Waals surface area contributed by atoms with E-state index < -0.39 is 0 Å². The highest BCUT2D eigenvalue weighted by Crippen LogP contribution is 2.22. The van der Waals surface area contributed by atoms with Crippen molar-refractivity contribution in [2.45, 2.75) is 33.4 Å². The average Bonchev–Trinajstić information content (AvgIpc) is 2.81. The molecule has 5 heteroatoms. The van der Waals surface area contributed by atoms with Gasteiger partial charge in [-0.05, 0) is 59.6 Å². The molecular formula is C16H19BrFNO2. The van der Waals surface area contributed by atoms with E-state index in [4.69, 9.17) is 9.15 Å². The van der Waals surface area contributed by atoms with Gasteiger partial charge in [0.25, 0.3) is 0 Å². The van der Waals surface area contributed by atoms with Gasteiger partial charge in [-0.3, -0.25) is 0 Å². The summed E-state index contributed by atoms with van der Waals surface area (Å²) in [6, 6.07) is 6.65. The molecule has 1 aromatic carbocycles. The first kappa shape index (κ1) is 16.0. The quantitative estimate of drug-likeness (QED) is 0.738. The van der Waals surface area contributed by atoms with Crippen molar-refractivity contribution in [3.8, 4) is 5.75 Å². The van der Waals surface area contributed by atoms with Crippen LogP contribution in [-0.2, 0) is 13.2 Å². The van der Waals surface area contributed by atoms with Crippen molar-refractivity contribution in [2.75, 3.05) is 6.54 Å². The van der Waals surface area contributed by atoms with Crippen molar-refractivity contribution in [1.82, 2.24) is 5.32 Å². The van der Waals surface area contributed by atoms with Crippen molar-refractivity contribution < 1.29 is 13.5 Å². The molecule has 0 saturated carbocycles. The van der Waals surface area contributed by atoms with E-state index in [1.807, 2.05) is 13.0 Å². The minimum absolute atomic E-state index is 0.287. The highest BCUT2D eigenvalue weighted by Gasteiger charge is 2.08. The van der Waals surface area contributed by atoms with Crippen LogP contribution in [-0.4, -0.2) is 6.54 Å². The van der Waals surface area contributed by atoms with E-state index in [1.165, 1.54) is 6.07 Å². The molecule has 0 aliphatic rings. The van der Waals surface area contributed by atoms with E-state index in [1.54, 1.807) is 12.1 Å². The Labute approximate surface area is 132 Å². The normalized spacial score (nSPS) is 10.9. The lowest BCUT2D eigenvalue weighted by atomic mass is 10.2. The van der Waals surface area contributed by atoms with Gasteiger partial charge in [0.2, 0.25) is 0 Å². The highest BCUT2D eigenvalue weighted by atomic mass is 79.9. The summed E-state index contributed by atoms with van der Waals surface area (Å²) in [4.78, 5) is 0. The van der Waals surface area contributed by atoms with E-state index in [9.17, 15) is 4.39 Å². The Bertz CT molecular complexity index is 598. The van der Waals surface area contributed by atoms with Crippen LogP contribution in [0.5, 0.6) is 5.75 Å². The number of halogens is 2. The second-order valence-electron chi connectivity index (χ2n) is 4.86. The Hall–Kier alpha value is -1.33. The second-order valence-corrected chi connectivity index (χ2v) is 5.71. The molecule has 1 heterocycles. The number of nitrogens with one attached hydrogen (secondary N) is 1. The smallest absolute Gasteiger partial charge is 0.146 e. The molecule has 1 aromatic heterocycles. The van der Waals surface area contributed by atoms with Crippen molar-refractivity contribution in [3.05, 3.63) is 51.6 Å². The molecule has 0 saturated heterocycles. The summed E-state index contributed by atoms with van der Waals surface area (Å²) in [6.45, 7) is 6.10. The zero-order valence-corrected chi connectivity index (χ0v) is 13.8. The first-order valence-corrected chi connectivity index (χ1v) is 7.76. The van der Waals surface area contributed by atoms with Gasteiger partial charge in [-0.1, -0.05) is 6.92 Å². The maximum atomic E-state index is 13.4. The Morgan fingerprint density at radius 3 is 2.86 bits per heavy atom. The second kappa shape index (κ2) is 7.61. The summed E-state index contributed by atoms with van der Waals surface area (Å²) >= 11 is 3.11. The van der Waals surface area contributed by atoms with E-state index in [-0.39, 0.29) is 12.4 Å². The molecule has 2 rings (SSSR count). The molecule has 0 atom stereocenters. The summed E-state index contributed by atoms with van der Waals surface area (Å²) in [7, 11) is 0. The lowest BCUT2D eigenvalue weighted by molar-refractivity contribution is 0.264. The molecule has 0 fully saturated rings. The van der Waals surface area contributed by atoms with E-state index in [0.717, 1.165) is 30.0 Å². The highest BCUT2D eigenvalue weighted by molar-refractivity contribution is 9.10. The summed E-state index contributed by atoms with van der Waals surface area (Å²) in [5.74, 6) is 1.80. The maximum Gasteiger partial charge on any atom is 0.146 e. The van der Waals surface area contributed by atoms with Crippen LogP contribution in [0.15, 0.2) is 33.2 Å². The molecule has 114 valence electrons. The van der Waals surface area contributed by atoms with Gasteiger partial charge in [0.1, 0.15) is 29.7 Å². The van der Waals surface area contributed by atoms with Gasteiger partial charge in [0.15, 0.2) is 0 Å². The molecule has 0 amide bonds. The molecule has 0 aliphatic carbocycles. The molecule has 2 aromatic rings. The van der Waals surface area contributed by atoms with Crippen LogP contribution in [0.4, 0.5) is 4.39 Å². The van der Waals surface area contributed by atoms with Crippen molar-refractivity contribution >= 4 is 15.9 Å². The van der Waals surface area contributed by atoms with Crippen LogP contribution < -0.4 is 10.1 Å². The van der Waals surface area contributed by atoms with Crippen LogP contribution >= 0.6 is 15.9 Å². The molecule has 0 spiro atoms. The zero-order valence-electron chi connectivity index (χ0n) is 12.2. The largest absolute Gasteiger partial charge is 0.486 e. The molecule has 0 aliphatic heterocycles. The first-order valence-electron chi connectivity index (χ1n) is 6.97. The monoisotopic (exact) mass is 355 g/mol. The van der Waals surface area contributed by atoms with E-state index in [0.29, 0.717) is 16.8 Å². The van der Waals surface area contributed by atoms with E-state index in [2.05, 4.69) is 28.2 Å². The fourth-order valence-electron chi connectivity index (χ4n) is 1.94. The lowest BCUT2D eigenvalue weighted by Crippen LogP contribution is -2.13. The topological polar surface area (TPSA) is 34.4 Å². The SMILES string of the molecule is CCCNCc1oc(COc2ccc(Br)c(F)c2)cc1C. The Morgan fingerprint density at radius 2 is 2.14 bits per heavy atom. The average molecular weight is 356 g/mol. The summed E-state index contributed by atoms with van der Waals surface area (Å²) in [6.07, 6.45) is 1.09. The maximum absolute atomic E-state index is 13.4. The molecule has 3 nitrogen and oxygen atoms in total. The van der Waals surface area contributed by atoms with Crippen LogP contribution in [0, 0.1) is 12.7 Å². The molecule has 0 bridgehead atoms. The zero-order chi connectivity index (χ0) is 15.2. The molecule has 0 unspecified atom stereocenters. The Balaban J connectivity index is 1.93. The van der Waals surface area contributed by atoms with Gasteiger partial charge >= 0.3 is 0 Å². The third kappa shape index (κ3) is 4.58. The Morgan fingerprint density at radius 1 is 1.33 bits per heavy atom. The van der Waals surface area contributed by atoms with Gasteiger partial charge < -0.3 is 14.5 Å². The number of hydrogen-bond acceptors (Lipinski definition) is 3. The van der Waals surface area contributed by atoms with Crippen LogP contribution in [0.2, 0.25) is 0 Å². The van der Waals surface area contributed by atoms with Gasteiger partial charge in [0.05, 0.1) is 11.0 Å². The van der Waals surface area contributed by atoms with Crippen molar-refractivity contribution in [3.63, 3.8) is 0 Å². The van der Waals surface area contributed by atoms with Crippen molar-refractivity contribution in [1.29, 1.82) is 0 Å². The van der Waals surface area contributed by atoms with Crippen LogP contribution in [0.1, 0.15) is 30.4 Å². The predicted octanol–water partition coefficient (Wildman–Crippen LogP) is 4.57. The number of furan rings is 1. The fourth-order valence-corrected chi connectivity index (χ4v) is 2.18. The van der Waals surface area contributed by atoms with Gasteiger partial charge in [0, 0.05) is 6.07 Å².